The molecule has 58 valence electrons. The van der Waals surface area contributed by atoms with Crippen molar-refractivity contribution in [3.05, 3.63) is 0 Å². The molecule has 1 atom stereocenters. The molecule has 1 N–H and O–H groups in total. The highest BCUT2D eigenvalue weighted by Gasteiger charge is 2.26. The Bertz CT molecular complexity index is 136. The fraction of sp³-hybridized carbons (Fsp3) is 0.857. The lowest BCUT2D eigenvalue weighted by Gasteiger charge is -2.20. The molecule has 1 amide bonds. The van der Waals surface area contributed by atoms with Crippen LogP contribution in [-0.4, -0.2) is 30.1 Å². The van der Waals surface area contributed by atoms with E-state index in [2.05, 4.69) is 12.2 Å². The summed E-state index contributed by atoms with van der Waals surface area (Å²) in [6.45, 7) is 5.43. The van der Waals surface area contributed by atoms with Crippen LogP contribution in [0, 0.1) is 0 Å². The van der Waals surface area contributed by atoms with Crippen LogP contribution in [-0.2, 0) is 4.79 Å². The van der Waals surface area contributed by atoms with Crippen molar-refractivity contribution in [2.75, 3.05) is 13.1 Å². The standard InChI is InChI=1S/C7H14N2O/c1-3-6-8-5-7(10)9(6)4-2/h6,8H,3-5H2,1-2H3. The topological polar surface area (TPSA) is 32.3 Å². The number of hydrogen-bond donors (Lipinski definition) is 1. The van der Waals surface area contributed by atoms with E-state index in [1.54, 1.807) is 0 Å². The highest BCUT2D eigenvalue weighted by Crippen LogP contribution is 2.06. The molecule has 1 fully saturated rings. The molecule has 1 heterocycles. The van der Waals surface area contributed by atoms with Gasteiger partial charge < -0.3 is 4.90 Å². The lowest BCUT2D eigenvalue weighted by atomic mass is 10.3. The van der Waals surface area contributed by atoms with Crippen LogP contribution in [0.15, 0.2) is 0 Å². The molecule has 0 aromatic rings. The van der Waals surface area contributed by atoms with E-state index in [4.69, 9.17) is 0 Å². The molecule has 1 unspecified atom stereocenters. The summed E-state index contributed by atoms with van der Waals surface area (Å²) in [6, 6.07) is 0. The van der Waals surface area contributed by atoms with Crippen LogP contribution in [0.5, 0.6) is 0 Å². The van der Waals surface area contributed by atoms with Crippen molar-refractivity contribution in [2.24, 2.45) is 0 Å². The van der Waals surface area contributed by atoms with E-state index in [0.717, 1.165) is 13.0 Å². The first-order chi connectivity index (χ1) is 4.79. The number of hydrogen-bond acceptors (Lipinski definition) is 2. The Balaban J connectivity index is 2.54. The Morgan fingerprint density at radius 3 is 2.80 bits per heavy atom. The van der Waals surface area contributed by atoms with Crippen LogP contribution in [0.25, 0.3) is 0 Å². The number of carbonyl (C=O) groups is 1. The first-order valence-corrected chi connectivity index (χ1v) is 3.82. The molecule has 0 aromatic heterocycles. The van der Waals surface area contributed by atoms with E-state index in [-0.39, 0.29) is 12.1 Å². The summed E-state index contributed by atoms with van der Waals surface area (Å²) in [7, 11) is 0. The van der Waals surface area contributed by atoms with Crippen molar-refractivity contribution in [2.45, 2.75) is 26.4 Å². The van der Waals surface area contributed by atoms with Crippen molar-refractivity contribution >= 4 is 5.91 Å². The molecule has 0 aliphatic carbocycles. The minimum absolute atomic E-state index is 0.231. The van der Waals surface area contributed by atoms with Gasteiger partial charge in [-0.05, 0) is 13.3 Å². The third-order valence-electron chi connectivity index (χ3n) is 1.91. The van der Waals surface area contributed by atoms with Crippen molar-refractivity contribution in [1.29, 1.82) is 0 Å². The number of rotatable bonds is 2. The van der Waals surface area contributed by atoms with Gasteiger partial charge in [-0.25, -0.2) is 0 Å². The summed E-state index contributed by atoms with van der Waals surface area (Å²) in [4.78, 5) is 12.9. The van der Waals surface area contributed by atoms with Crippen LogP contribution in [0.4, 0.5) is 0 Å². The van der Waals surface area contributed by atoms with Gasteiger partial charge in [0.2, 0.25) is 5.91 Å². The number of carbonyl (C=O) groups excluding carboxylic acids is 1. The predicted octanol–water partition coefficient (Wildman–Crippen LogP) is 0.174. The first-order valence-electron chi connectivity index (χ1n) is 3.82. The quantitative estimate of drug-likeness (QED) is 0.596. The largest absolute Gasteiger partial charge is 0.326 e. The second-order valence-electron chi connectivity index (χ2n) is 2.48. The van der Waals surface area contributed by atoms with E-state index >= 15 is 0 Å². The molecule has 3 nitrogen and oxygen atoms in total. The average Bonchev–Trinajstić information content (AvgIpc) is 2.30. The Hall–Kier alpha value is -0.570. The number of nitrogens with one attached hydrogen (secondary N) is 1. The van der Waals surface area contributed by atoms with Gasteiger partial charge in [-0.3, -0.25) is 10.1 Å². The summed E-state index contributed by atoms with van der Waals surface area (Å²) in [5.74, 6) is 0.231. The van der Waals surface area contributed by atoms with Crippen molar-refractivity contribution in [1.82, 2.24) is 10.2 Å². The van der Waals surface area contributed by atoms with Gasteiger partial charge in [-0.1, -0.05) is 6.92 Å². The van der Waals surface area contributed by atoms with Gasteiger partial charge in [0, 0.05) is 6.54 Å². The molecule has 0 spiro atoms. The normalized spacial score (nSPS) is 26.0. The van der Waals surface area contributed by atoms with E-state index in [1.165, 1.54) is 0 Å². The number of likely N-dealkylation sites (N-methyl/N-ethyl adjacent to an activating group) is 1. The van der Waals surface area contributed by atoms with Gasteiger partial charge in [-0.2, -0.15) is 0 Å². The molecule has 1 aliphatic heterocycles. The molecule has 1 aliphatic rings. The highest BCUT2D eigenvalue weighted by molar-refractivity contribution is 5.80. The van der Waals surface area contributed by atoms with E-state index < -0.39 is 0 Å². The first kappa shape index (κ1) is 7.54. The monoisotopic (exact) mass is 142 g/mol. The van der Waals surface area contributed by atoms with Gasteiger partial charge in [0.05, 0.1) is 12.7 Å². The Labute approximate surface area is 61.4 Å². The van der Waals surface area contributed by atoms with Crippen LogP contribution in [0.2, 0.25) is 0 Å². The van der Waals surface area contributed by atoms with Crippen molar-refractivity contribution in [3.63, 3.8) is 0 Å². The zero-order valence-corrected chi connectivity index (χ0v) is 6.55. The van der Waals surface area contributed by atoms with Gasteiger partial charge in [-0.15, -0.1) is 0 Å². The van der Waals surface area contributed by atoms with Crippen LogP contribution in [0.1, 0.15) is 20.3 Å². The molecule has 1 rings (SSSR count). The molecule has 1 saturated heterocycles. The molecule has 0 saturated carbocycles. The van der Waals surface area contributed by atoms with E-state index in [1.807, 2.05) is 11.8 Å². The van der Waals surface area contributed by atoms with Crippen molar-refractivity contribution in [3.8, 4) is 0 Å². The zero-order valence-electron chi connectivity index (χ0n) is 6.55. The molecule has 0 aromatic carbocycles. The fourth-order valence-corrected chi connectivity index (χ4v) is 1.35. The molecule has 10 heavy (non-hydrogen) atoms. The highest BCUT2D eigenvalue weighted by atomic mass is 16.2. The number of nitrogens with zero attached hydrogens (tertiary/aromatic N) is 1. The summed E-state index contributed by atoms with van der Waals surface area (Å²) in [6.07, 6.45) is 1.29. The van der Waals surface area contributed by atoms with Crippen LogP contribution in [0.3, 0.4) is 0 Å². The van der Waals surface area contributed by atoms with Gasteiger partial charge >= 0.3 is 0 Å². The van der Waals surface area contributed by atoms with Gasteiger partial charge in [0.1, 0.15) is 0 Å². The van der Waals surface area contributed by atoms with E-state index in [9.17, 15) is 4.79 Å². The van der Waals surface area contributed by atoms with Crippen LogP contribution < -0.4 is 5.32 Å². The fourth-order valence-electron chi connectivity index (χ4n) is 1.35. The second-order valence-corrected chi connectivity index (χ2v) is 2.48. The lowest BCUT2D eigenvalue weighted by molar-refractivity contribution is -0.127. The second kappa shape index (κ2) is 3.01. The Morgan fingerprint density at radius 1 is 1.70 bits per heavy atom. The van der Waals surface area contributed by atoms with Gasteiger partial charge in [0.15, 0.2) is 0 Å². The van der Waals surface area contributed by atoms with Gasteiger partial charge in [0.25, 0.3) is 0 Å². The maximum Gasteiger partial charge on any atom is 0.237 e. The Morgan fingerprint density at radius 2 is 2.40 bits per heavy atom. The molecule has 0 bridgehead atoms. The summed E-state index contributed by atoms with van der Waals surface area (Å²) >= 11 is 0. The molecule has 0 radical (unpaired) electrons. The predicted molar refractivity (Wildman–Crippen MR) is 39.5 cm³/mol. The maximum absolute atomic E-state index is 11.0. The molecular weight excluding hydrogens is 128 g/mol. The Kier molecular flexibility index (Phi) is 2.27. The average molecular weight is 142 g/mol. The van der Waals surface area contributed by atoms with Crippen LogP contribution >= 0.6 is 0 Å². The minimum Gasteiger partial charge on any atom is -0.326 e. The summed E-state index contributed by atoms with van der Waals surface area (Å²) in [5, 5.41) is 3.13. The van der Waals surface area contributed by atoms with Crippen molar-refractivity contribution < 1.29 is 4.79 Å². The lowest BCUT2D eigenvalue weighted by Crippen LogP contribution is -2.36. The summed E-state index contributed by atoms with van der Waals surface area (Å²) in [5.41, 5.74) is 0. The van der Waals surface area contributed by atoms with E-state index in [0.29, 0.717) is 6.54 Å². The smallest absolute Gasteiger partial charge is 0.237 e. The minimum atomic E-state index is 0.231. The number of amides is 1. The molecular formula is C7H14N2O. The third-order valence-corrected chi connectivity index (χ3v) is 1.91. The zero-order chi connectivity index (χ0) is 7.56. The third kappa shape index (κ3) is 1.14. The molecule has 3 heteroatoms. The maximum atomic E-state index is 11.0. The SMILES string of the molecule is CCC1NCC(=O)N1CC. The summed E-state index contributed by atoms with van der Waals surface area (Å²) < 4.78 is 0.